The van der Waals surface area contributed by atoms with Crippen LogP contribution in [0.2, 0.25) is 0 Å². The fourth-order valence-electron chi connectivity index (χ4n) is 4.92. The molecule has 204 valence electrons. The summed E-state index contributed by atoms with van der Waals surface area (Å²) in [4.78, 5) is 32.3. The number of halogens is 3. The highest BCUT2D eigenvalue weighted by atomic mass is 19.4. The molecular formula is C27H32F3N5O3. The van der Waals surface area contributed by atoms with Gasteiger partial charge in [-0.2, -0.15) is 0 Å². The van der Waals surface area contributed by atoms with Gasteiger partial charge >= 0.3 is 6.36 Å². The third kappa shape index (κ3) is 6.83. The van der Waals surface area contributed by atoms with Crippen LogP contribution >= 0.6 is 0 Å². The van der Waals surface area contributed by atoms with Crippen LogP contribution in [0.25, 0.3) is 0 Å². The largest absolute Gasteiger partial charge is 0.573 e. The number of nitrogens with one attached hydrogen (secondary N) is 1. The minimum absolute atomic E-state index is 0.233. The van der Waals surface area contributed by atoms with Crippen LogP contribution in [-0.2, 0) is 11.3 Å². The maximum absolute atomic E-state index is 13.3. The van der Waals surface area contributed by atoms with Crippen molar-refractivity contribution < 1.29 is 22.7 Å². The van der Waals surface area contributed by atoms with Crippen LogP contribution in [-0.4, -0.2) is 47.2 Å². The number of amides is 1. The van der Waals surface area contributed by atoms with E-state index in [9.17, 15) is 22.8 Å². The standard InChI is InChI=1S/C27H32F3N5O3/c1-19-6-3-8-23(19)25(32-35(18-36)21-10-12-22(13-11-21)38-27(28,29)30)31-24-9-5-15-34(26(24)37)17-16-33-14-4-7-20(33)2/h5,9-13,15,18,20H,3-4,6-8,14,16-17H2,1-2H3,(H,31,32). The van der Waals surface area contributed by atoms with Gasteiger partial charge in [0, 0.05) is 25.3 Å². The molecule has 1 aromatic heterocycles. The van der Waals surface area contributed by atoms with Crippen molar-refractivity contribution in [1.82, 2.24) is 14.9 Å². The smallest absolute Gasteiger partial charge is 0.406 e. The number of hydrazine groups is 1. The lowest BCUT2D eigenvalue weighted by molar-refractivity contribution is -0.274. The Hall–Kier alpha value is -3.60. The first-order valence-electron chi connectivity index (χ1n) is 12.7. The second-order valence-electron chi connectivity index (χ2n) is 9.62. The summed E-state index contributed by atoms with van der Waals surface area (Å²) in [6.07, 6.45) is 2.26. The molecule has 2 aliphatic rings. The summed E-state index contributed by atoms with van der Waals surface area (Å²) in [6.45, 7) is 6.52. The number of likely N-dealkylation sites (tertiary alicyclic amines) is 1. The first kappa shape index (κ1) is 27.4. The Labute approximate surface area is 219 Å². The molecule has 8 nitrogen and oxygen atoms in total. The zero-order valence-electron chi connectivity index (χ0n) is 21.5. The van der Waals surface area contributed by atoms with Gasteiger partial charge in [-0.1, -0.05) is 5.57 Å². The van der Waals surface area contributed by atoms with Gasteiger partial charge in [-0.3, -0.25) is 19.9 Å². The summed E-state index contributed by atoms with van der Waals surface area (Å²) in [7, 11) is 0. The Kier molecular flexibility index (Phi) is 8.55. The Bertz CT molecular complexity index is 1250. The Morgan fingerprint density at radius 1 is 1.18 bits per heavy atom. The number of hydrogen-bond donors (Lipinski definition) is 1. The minimum atomic E-state index is -4.81. The van der Waals surface area contributed by atoms with Crippen LogP contribution in [0.1, 0.15) is 46.0 Å². The molecule has 1 saturated heterocycles. The van der Waals surface area contributed by atoms with E-state index in [2.05, 4.69) is 27.0 Å². The van der Waals surface area contributed by atoms with Gasteiger partial charge in [0.25, 0.3) is 5.56 Å². The van der Waals surface area contributed by atoms with Gasteiger partial charge in [0.15, 0.2) is 0 Å². The molecule has 0 bridgehead atoms. The van der Waals surface area contributed by atoms with Crippen molar-refractivity contribution in [3.63, 3.8) is 0 Å². The van der Waals surface area contributed by atoms with E-state index >= 15 is 0 Å². The second-order valence-corrected chi connectivity index (χ2v) is 9.62. The van der Waals surface area contributed by atoms with Gasteiger partial charge in [-0.25, -0.2) is 10.0 Å². The summed E-state index contributed by atoms with van der Waals surface area (Å²) in [5.41, 5.74) is 5.25. The number of aliphatic imine (C=N–C) groups is 1. The highest BCUT2D eigenvalue weighted by Crippen LogP contribution is 2.28. The molecule has 1 aromatic carbocycles. The molecule has 2 aromatic rings. The fourth-order valence-corrected chi connectivity index (χ4v) is 4.92. The molecule has 0 spiro atoms. The quantitative estimate of drug-likeness (QED) is 0.215. The maximum atomic E-state index is 13.3. The summed E-state index contributed by atoms with van der Waals surface area (Å²) < 4.78 is 43.1. The number of allylic oxidation sites excluding steroid dienone is 1. The third-order valence-electron chi connectivity index (χ3n) is 7.01. The van der Waals surface area contributed by atoms with Crippen molar-refractivity contribution in [3.8, 4) is 5.75 Å². The van der Waals surface area contributed by atoms with E-state index in [0.29, 0.717) is 24.8 Å². The summed E-state index contributed by atoms with van der Waals surface area (Å²) in [5, 5.41) is 1.12. The van der Waals surface area contributed by atoms with Gasteiger partial charge in [0.1, 0.15) is 17.3 Å². The average molecular weight is 532 g/mol. The lowest BCUT2D eigenvalue weighted by atomic mass is 10.1. The van der Waals surface area contributed by atoms with E-state index in [4.69, 9.17) is 0 Å². The summed E-state index contributed by atoms with van der Waals surface area (Å²) >= 11 is 0. The molecule has 0 saturated carbocycles. The minimum Gasteiger partial charge on any atom is -0.406 e. The van der Waals surface area contributed by atoms with Crippen molar-refractivity contribution in [1.29, 1.82) is 0 Å². The SMILES string of the molecule is CC1=C(C(=Nc2cccn(CCN3CCCC3C)c2=O)NN(C=O)c2ccc(OC(F)(F)F)cc2)CCC1. The van der Waals surface area contributed by atoms with Gasteiger partial charge in [0.2, 0.25) is 6.41 Å². The average Bonchev–Trinajstić information content (AvgIpc) is 3.49. The van der Waals surface area contributed by atoms with Crippen molar-refractivity contribution in [2.75, 3.05) is 18.1 Å². The first-order valence-corrected chi connectivity index (χ1v) is 12.7. The van der Waals surface area contributed by atoms with E-state index in [1.807, 2.05) is 6.92 Å². The highest BCUT2D eigenvalue weighted by Gasteiger charge is 2.31. The molecule has 1 aliphatic carbocycles. The highest BCUT2D eigenvalue weighted by molar-refractivity contribution is 6.03. The Morgan fingerprint density at radius 3 is 2.55 bits per heavy atom. The summed E-state index contributed by atoms with van der Waals surface area (Å²) in [6, 6.07) is 8.80. The van der Waals surface area contributed by atoms with E-state index < -0.39 is 12.1 Å². The molecule has 1 fully saturated rings. The lowest BCUT2D eigenvalue weighted by Crippen LogP contribution is -2.42. The monoisotopic (exact) mass is 531 g/mol. The normalized spacial score (nSPS) is 18.7. The number of nitrogens with zero attached hydrogens (tertiary/aromatic N) is 4. The molecule has 1 unspecified atom stereocenters. The second kappa shape index (κ2) is 11.8. The molecule has 38 heavy (non-hydrogen) atoms. The molecule has 4 rings (SSSR count). The number of carbonyl (C=O) groups excluding carboxylic acids is 1. The first-order chi connectivity index (χ1) is 18.1. The van der Waals surface area contributed by atoms with Gasteiger partial charge in [0.05, 0.1) is 5.69 Å². The molecule has 11 heteroatoms. The number of ether oxygens (including phenoxy) is 1. The lowest BCUT2D eigenvalue weighted by Gasteiger charge is -2.23. The van der Waals surface area contributed by atoms with Crippen LogP contribution < -0.4 is 20.7 Å². The maximum Gasteiger partial charge on any atom is 0.573 e. The molecular weight excluding hydrogens is 499 g/mol. The molecule has 1 atom stereocenters. The molecule has 2 heterocycles. The van der Waals surface area contributed by atoms with Crippen molar-refractivity contribution in [2.45, 2.75) is 64.9 Å². The zero-order chi connectivity index (χ0) is 27.3. The van der Waals surface area contributed by atoms with E-state index in [1.165, 1.54) is 12.1 Å². The molecule has 0 radical (unpaired) electrons. The van der Waals surface area contributed by atoms with Crippen molar-refractivity contribution in [3.05, 3.63) is 64.1 Å². The number of anilines is 1. The molecule has 1 N–H and O–H groups in total. The topological polar surface area (TPSA) is 79.2 Å². The van der Waals surface area contributed by atoms with Crippen LogP contribution in [0.5, 0.6) is 5.75 Å². The van der Waals surface area contributed by atoms with Crippen molar-refractivity contribution >= 4 is 23.6 Å². The Morgan fingerprint density at radius 2 is 1.95 bits per heavy atom. The van der Waals surface area contributed by atoms with Gasteiger partial charge in [-0.15, -0.1) is 13.2 Å². The molecule has 1 aliphatic heterocycles. The van der Waals surface area contributed by atoms with Crippen molar-refractivity contribution in [2.24, 2.45) is 4.99 Å². The third-order valence-corrected chi connectivity index (χ3v) is 7.01. The number of carbonyl (C=O) groups is 1. The van der Waals surface area contributed by atoms with E-state index in [1.54, 1.807) is 22.9 Å². The zero-order valence-corrected chi connectivity index (χ0v) is 21.5. The van der Waals surface area contributed by atoms with Crippen LogP contribution in [0.4, 0.5) is 24.5 Å². The van der Waals surface area contributed by atoms with Crippen LogP contribution in [0.3, 0.4) is 0 Å². The number of aromatic nitrogens is 1. The van der Waals surface area contributed by atoms with Crippen LogP contribution in [0, 0.1) is 0 Å². The van der Waals surface area contributed by atoms with Crippen LogP contribution in [0.15, 0.2) is 63.5 Å². The molecule has 1 amide bonds. The van der Waals surface area contributed by atoms with Gasteiger partial charge in [-0.05, 0) is 94.5 Å². The summed E-state index contributed by atoms with van der Waals surface area (Å²) in [5.74, 6) is -0.0470. The number of hydrogen-bond acceptors (Lipinski definition) is 5. The number of alkyl halides is 3. The number of amidine groups is 1. The predicted molar refractivity (Wildman–Crippen MR) is 139 cm³/mol. The fraction of sp³-hybridized carbons (Fsp3) is 0.444. The number of rotatable bonds is 9. The number of pyridine rings is 1. The number of benzene rings is 1. The van der Waals surface area contributed by atoms with E-state index in [0.717, 1.165) is 73.5 Å². The Balaban J connectivity index is 1.59. The van der Waals surface area contributed by atoms with E-state index in [-0.39, 0.29) is 16.9 Å². The predicted octanol–water partition coefficient (Wildman–Crippen LogP) is 4.93. The van der Waals surface area contributed by atoms with Gasteiger partial charge < -0.3 is 9.30 Å².